The molecular formula is C14H22ClNO3Si. The van der Waals surface area contributed by atoms with Crippen LogP contribution in [-0.2, 0) is 15.8 Å². The highest BCUT2D eigenvalue weighted by molar-refractivity contribution is 6.74. The van der Waals surface area contributed by atoms with Crippen LogP contribution in [0.15, 0.2) is 12.3 Å². The van der Waals surface area contributed by atoms with E-state index in [1.807, 2.05) is 0 Å². The van der Waals surface area contributed by atoms with Crippen molar-refractivity contribution in [2.75, 3.05) is 7.11 Å². The van der Waals surface area contributed by atoms with Crippen molar-refractivity contribution in [3.8, 4) is 0 Å². The minimum Gasteiger partial charge on any atom is -0.464 e. The van der Waals surface area contributed by atoms with Gasteiger partial charge < -0.3 is 9.16 Å². The Morgan fingerprint density at radius 2 is 2.00 bits per heavy atom. The zero-order valence-electron chi connectivity index (χ0n) is 12.9. The van der Waals surface area contributed by atoms with Gasteiger partial charge in [0.2, 0.25) is 0 Å². The second-order valence-electron chi connectivity index (χ2n) is 6.16. The maximum Gasteiger partial charge on any atom is 0.357 e. The van der Waals surface area contributed by atoms with E-state index in [-0.39, 0.29) is 17.3 Å². The van der Waals surface area contributed by atoms with Crippen LogP contribution in [0, 0.1) is 0 Å². The van der Waals surface area contributed by atoms with Crippen molar-refractivity contribution >= 4 is 25.9 Å². The molecule has 1 aromatic rings. The van der Waals surface area contributed by atoms with E-state index in [9.17, 15) is 4.79 Å². The monoisotopic (exact) mass is 315 g/mol. The quantitative estimate of drug-likeness (QED) is 0.621. The van der Waals surface area contributed by atoms with Crippen molar-refractivity contribution in [2.45, 2.75) is 45.5 Å². The summed E-state index contributed by atoms with van der Waals surface area (Å²) in [5.74, 6) is -0.499. The van der Waals surface area contributed by atoms with Gasteiger partial charge in [-0.05, 0) is 24.2 Å². The summed E-state index contributed by atoms with van der Waals surface area (Å²) < 4.78 is 10.8. The minimum atomic E-state index is -1.92. The predicted molar refractivity (Wildman–Crippen MR) is 82.6 cm³/mol. The van der Waals surface area contributed by atoms with Gasteiger partial charge in [-0.3, -0.25) is 0 Å². The fraction of sp³-hybridized carbons (Fsp3) is 0.571. The van der Waals surface area contributed by atoms with Crippen LogP contribution in [0.5, 0.6) is 0 Å². The number of ether oxygens (including phenoxy) is 1. The summed E-state index contributed by atoms with van der Waals surface area (Å²) in [6.07, 6.45) is 1.49. The Balaban J connectivity index is 3.02. The molecule has 0 aliphatic heterocycles. The van der Waals surface area contributed by atoms with Gasteiger partial charge in [-0.25, -0.2) is 9.78 Å². The maximum absolute atomic E-state index is 11.7. The van der Waals surface area contributed by atoms with Gasteiger partial charge in [-0.15, -0.1) is 0 Å². The Labute approximate surface area is 126 Å². The number of nitrogens with zero attached hydrogens (tertiary/aromatic N) is 1. The smallest absolute Gasteiger partial charge is 0.357 e. The number of halogens is 1. The minimum absolute atomic E-state index is 0.0904. The highest BCUT2D eigenvalue weighted by atomic mass is 35.5. The van der Waals surface area contributed by atoms with E-state index in [0.29, 0.717) is 10.6 Å². The van der Waals surface area contributed by atoms with Crippen LogP contribution in [0.1, 0.15) is 36.8 Å². The Kier molecular flexibility index (Phi) is 5.35. The van der Waals surface area contributed by atoms with Gasteiger partial charge >= 0.3 is 5.97 Å². The molecule has 0 atom stereocenters. The van der Waals surface area contributed by atoms with Gasteiger partial charge in [-0.1, -0.05) is 32.4 Å². The topological polar surface area (TPSA) is 48.4 Å². The third-order valence-corrected chi connectivity index (χ3v) is 8.59. The zero-order valence-corrected chi connectivity index (χ0v) is 14.7. The molecule has 0 radical (unpaired) electrons. The van der Waals surface area contributed by atoms with Gasteiger partial charge in [0.15, 0.2) is 14.0 Å². The Bertz CT molecular complexity index is 498. The summed E-state index contributed by atoms with van der Waals surface area (Å²) in [6.45, 7) is 11.0. The average Bonchev–Trinajstić information content (AvgIpc) is 2.34. The summed E-state index contributed by atoms with van der Waals surface area (Å²) in [7, 11) is -0.594. The molecule has 0 N–H and O–H groups in total. The number of hydrogen-bond donors (Lipinski definition) is 0. The summed E-state index contributed by atoms with van der Waals surface area (Å²) in [4.78, 5) is 15.8. The maximum atomic E-state index is 11.7. The third kappa shape index (κ3) is 3.81. The summed E-state index contributed by atoms with van der Waals surface area (Å²) in [5, 5.41) is 0.562. The van der Waals surface area contributed by atoms with Crippen LogP contribution in [0.2, 0.25) is 23.2 Å². The molecule has 0 aliphatic rings. The first-order valence-electron chi connectivity index (χ1n) is 6.46. The van der Waals surface area contributed by atoms with Crippen molar-refractivity contribution in [3.63, 3.8) is 0 Å². The SMILES string of the molecule is COC(=O)c1nccc(Cl)c1CO[Si](C)(C)C(C)(C)C. The summed E-state index contributed by atoms with van der Waals surface area (Å²) in [5.41, 5.74) is 0.810. The molecule has 0 aliphatic carbocycles. The number of carbonyl (C=O) groups is 1. The normalized spacial score (nSPS) is 12.3. The van der Waals surface area contributed by atoms with E-state index in [0.717, 1.165) is 0 Å². The van der Waals surface area contributed by atoms with Gasteiger partial charge in [0.25, 0.3) is 0 Å². The van der Waals surface area contributed by atoms with Crippen molar-refractivity contribution < 1.29 is 14.0 Å². The molecule has 0 saturated heterocycles. The van der Waals surface area contributed by atoms with Gasteiger partial charge in [-0.2, -0.15) is 0 Å². The van der Waals surface area contributed by atoms with E-state index >= 15 is 0 Å². The largest absolute Gasteiger partial charge is 0.464 e. The van der Waals surface area contributed by atoms with Crippen molar-refractivity contribution in [1.29, 1.82) is 0 Å². The lowest BCUT2D eigenvalue weighted by Crippen LogP contribution is -2.40. The fourth-order valence-electron chi connectivity index (χ4n) is 1.35. The van der Waals surface area contributed by atoms with Crippen LogP contribution in [0.4, 0.5) is 0 Å². The molecule has 0 fully saturated rings. The Morgan fingerprint density at radius 1 is 1.40 bits per heavy atom. The van der Waals surface area contributed by atoms with Crippen LogP contribution < -0.4 is 0 Å². The molecule has 4 nitrogen and oxygen atoms in total. The lowest BCUT2D eigenvalue weighted by molar-refractivity contribution is 0.0590. The molecule has 6 heteroatoms. The molecule has 112 valence electrons. The van der Waals surface area contributed by atoms with Crippen molar-refractivity contribution in [3.05, 3.63) is 28.5 Å². The second kappa shape index (κ2) is 6.24. The van der Waals surface area contributed by atoms with Gasteiger partial charge in [0.1, 0.15) is 0 Å². The molecular weight excluding hydrogens is 294 g/mol. The lowest BCUT2D eigenvalue weighted by Gasteiger charge is -2.36. The predicted octanol–water partition coefficient (Wildman–Crippen LogP) is 4.04. The van der Waals surface area contributed by atoms with Crippen LogP contribution >= 0.6 is 11.6 Å². The standard InChI is InChI=1S/C14H22ClNO3Si/c1-14(2,3)20(5,6)19-9-10-11(15)7-8-16-12(10)13(17)18-4/h7-8H,9H2,1-6H3. The van der Waals surface area contributed by atoms with E-state index in [2.05, 4.69) is 38.8 Å². The highest BCUT2D eigenvalue weighted by Crippen LogP contribution is 2.37. The van der Waals surface area contributed by atoms with Gasteiger partial charge in [0, 0.05) is 16.8 Å². The second-order valence-corrected chi connectivity index (χ2v) is 11.4. The van der Waals surface area contributed by atoms with E-state index in [1.165, 1.54) is 13.3 Å². The Hall–Kier alpha value is -0.913. The third-order valence-electron chi connectivity index (χ3n) is 3.76. The number of rotatable bonds is 4. The van der Waals surface area contributed by atoms with Gasteiger partial charge in [0.05, 0.1) is 13.7 Å². The number of hydrogen-bond acceptors (Lipinski definition) is 4. The Morgan fingerprint density at radius 3 is 2.50 bits per heavy atom. The molecule has 0 bridgehead atoms. The number of carbonyl (C=O) groups excluding carboxylic acids is 1. The van der Waals surface area contributed by atoms with E-state index < -0.39 is 14.3 Å². The van der Waals surface area contributed by atoms with Crippen LogP contribution in [0.3, 0.4) is 0 Å². The first kappa shape index (κ1) is 17.1. The summed E-state index contributed by atoms with van der Waals surface area (Å²) >= 11 is 6.16. The average molecular weight is 316 g/mol. The highest BCUT2D eigenvalue weighted by Gasteiger charge is 2.37. The van der Waals surface area contributed by atoms with Crippen molar-refractivity contribution in [1.82, 2.24) is 4.98 Å². The molecule has 0 saturated carbocycles. The summed E-state index contributed by atoms with van der Waals surface area (Å²) in [6, 6.07) is 1.65. The molecule has 0 aromatic carbocycles. The van der Waals surface area contributed by atoms with E-state index in [4.69, 9.17) is 20.8 Å². The molecule has 0 spiro atoms. The number of esters is 1. The molecule has 1 aromatic heterocycles. The van der Waals surface area contributed by atoms with Crippen LogP contribution in [-0.4, -0.2) is 26.4 Å². The zero-order chi connectivity index (χ0) is 15.6. The number of aromatic nitrogens is 1. The molecule has 0 unspecified atom stereocenters. The molecule has 1 rings (SSSR count). The molecule has 1 heterocycles. The van der Waals surface area contributed by atoms with Crippen molar-refractivity contribution in [2.24, 2.45) is 0 Å². The molecule has 20 heavy (non-hydrogen) atoms. The van der Waals surface area contributed by atoms with E-state index in [1.54, 1.807) is 6.07 Å². The first-order valence-corrected chi connectivity index (χ1v) is 9.74. The number of methoxy groups -OCH3 is 1. The lowest BCUT2D eigenvalue weighted by atomic mass is 10.2. The number of pyridine rings is 1. The fourth-order valence-corrected chi connectivity index (χ4v) is 2.49. The first-order chi connectivity index (χ1) is 9.10. The molecule has 0 amide bonds. The van der Waals surface area contributed by atoms with Crippen LogP contribution in [0.25, 0.3) is 0 Å².